The van der Waals surface area contributed by atoms with Crippen molar-refractivity contribution in [2.75, 3.05) is 26.7 Å². The molecule has 2 rings (SSSR count). The fourth-order valence-electron chi connectivity index (χ4n) is 3.21. The summed E-state index contributed by atoms with van der Waals surface area (Å²) in [6, 6.07) is 4.17. The first-order chi connectivity index (χ1) is 12.1. The summed E-state index contributed by atoms with van der Waals surface area (Å²) < 4.78 is 26.8. The highest BCUT2D eigenvalue weighted by molar-refractivity contribution is 5.79. The Labute approximate surface area is 149 Å². The minimum Gasteiger partial charge on any atom is -0.356 e. The van der Waals surface area contributed by atoms with Crippen LogP contribution in [0, 0.1) is 11.6 Å². The lowest BCUT2D eigenvalue weighted by atomic mass is 10.0. The number of likely N-dealkylation sites (tertiary alicyclic amines) is 1. The standard InChI is InChI=1S/C19H30F2N4/c1-15-7-3-5-11-25(15)12-6-4-10-23-19(22-2)24-14-16-13-17(20)8-9-18(16)21/h8-9,13,15H,3-7,10-12,14H2,1-2H3,(H2,22,23,24). The van der Waals surface area contributed by atoms with Crippen LogP contribution in [0.4, 0.5) is 8.78 Å². The van der Waals surface area contributed by atoms with Crippen molar-refractivity contribution in [3.63, 3.8) is 0 Å². The Balaban J connectivity index is 1.64. The third-order valence-electron chi connectivity index (χ3n) is 4.78. The molecule has 0 saturated carbocycles. The summed E-state index contributed by atoms with van der Waals surface area (Å²) in [6.45, 7) is 5.69. The number of aliphatic imine (C=N–C) groups is 1. The molecule has 4 nitrogen and oxygen atoms in total. The topological polar surface area (TPSA) is 39.7 Å². The van der Waals surface area contributed by atoms with E-state index < -0.39 is 11.6 Å². The van der Waals surface area contributed by atoms with Gasteiger partial charge in [-0.1, -0.05) is 6.42 Å². The van der Waals surface area contributed by atoms with Crippen molar-refractivity contribution in [1.82, 2.24) is 15.5 Å². The molecule has 1 heterocycles. The van der Waals surface area contributed by atoms with Gasteiger partial charge in [-0.05, 0) is 63.9 Å². The molecule has 0 spiro atoms. The van der Waals surface area contributed by atoms with Gasteiger partial charge < -0.3 is 15.5 Å². The van der Waals surface area contributed by atoms with Crippen LogP contribution in [0.2, 0.25) is 0 Å². The molecule has 1 fully saturated rings. The minimum atomic E-state index is -0.437. The van der Waals surface area contributed by atoms with E-state index in [9.17, 15) is 8.78 Å². The fourth-order valence-corrected chi connectivity index (χ4v) is 3.21. The first-order valence-electron chi connectivity index (χ1n) is 9.22. The van der Waals surface area contributed by atoms with Gasteiger partial charge in [0.15, 0.2) is 5.96 Å². The molecule has 0 aromatic heterocycles. The molecule has 1 aliphatic rings. The molecule has 0 bridgehead atoms. The van der Waals surface area contributed by atoms with Crippen molar-refractivity contribution in [3.8, 4) is 0 Å². The van der Waals surface area contributed by atoms with E-state index in [-0.39, 0.29) is 6.54 Å². The molecular formula is C19H30F2N4. The van der Waals surface area contributed by atoms with E-state index in [2.05, 4.69) is 27.4 Å². The Hall–Kier alpha value is -1.69. The number of hydrogen-bond acceptors (Lipinski definition) is 2. The number of piperidine rings is 1. The van der Waals surface area contributed by atoms with E-state index in [0.29, 0.717) is 17.6 Å². The van der Waals surface area contributed by atoms with Gasteiger partial charge in [0.05, 0.1) is 0 Å². The summed E-state index contributed by atoms with van der Waals surface area (Å²) >= 11 is 0. The molecule has 0 amide bonds. The van der Waals surface area contributed by atoms with Gasteiger partial charge in [0.1, 0.15) is 11.6 Å². The summed E-state index contributed by atoms with van der Waals surface area (Å²) in [7, 11) is 1.67. The maximum absolute atomic E-state index is 13.6. The second kappa shape index (κ2) is 10.3. The molecule has 2 N–H and O–H groups in total. The van der Waals surface area contributed by atoms with Crippen molar-refractivity contribution in [2.45, 2.75) is 51.6 Å². The van der Waals surface area contributed by atoms with Gasteiger partial charge in [-0.25, -0.2) is 8.78 Å². The van der Waals surface area contributed by atoms with Crippen molar-refractivity contribution in [3.05, 3.63) is 35.4 Å². The van der Waals surface area contributed by atoms with Crippen LogP contribution in [0.15, 0.2) is 23.2 Å². The number of unbranched alkanes of at least 4 members (excludes halogenated alkanes) is 1. The zero-order chi connectivity index (χ0) is 18.1. The normalized spacial score (nSPS) is 19.0. The highest BCUT2D eigenvalue weighted by Gasteiger charge is 2.16. The summed E-state index contributed by atoms with van der Waals surface area (Å²) in [5.41, 5.74) is 0.294. The van der Waals surface area contributed by atoms with E-state index in [1.54, 1.807) is 7.05 Å². The van der Waals surface area contributed by atoms with Crippen LogP contribution in [0.3, 0.4) is 0 Å². The summed E-state index contributed by atoms with van der Waals surface area (Å²) in [6.07, 6.45) is 6.18. The third-order valence-corrected chi connectivity index (χ3v) is 4.78. The van der Waals surface area contributed by atoms with E-state index in [1.165, 1.54) is 31.9 Å². The lowest BCUT2D eigenvalue weighted by Crippen LogP contribution is -2.39. The van der Waals surface area contributed by atoms with Crippen LogP contribution < -0.4 is 10.6 Å². The van der Waals surface area contributed by atoms with E-state index in [4.69, 9.17) is 0 Å². The Morgan fingerprint density at radius 3 is 2.84 bits per heavy atom. The van der Waals surface area contributed by atoms with Crippen LogP contribution in [0.1, 0.15) is 44.6 Å². The van der Waals surface area contributed by atoms with Crippen LogP contribution >= 0.6 is 0 Å². The molecule has 1 aromatic carbocycles. The zero-order valence-corrected chi connectivity index (χ0v) is 15.3. The van der Waals surface area contributed by atoms with Crippen molar-refractivity contribution in [2.24, 2.45) is 4.99 Å². The molecule has 1 unspecified atom stereocenters. The van der Waals surface area contributed by atoms with E-state index >= 15 is 0 Å². The SMILES string of the molecule is CN=C(NCCCCN1CCCCC1C)NCc1cc(F)ccc1F. The number of hydrogen-bond donors (Lipinski definition) is 2. The number of nitrogens with zero attached hydrogens (tertiary/aromatic N) is 2. The Morgan fingerprint density at radius 2 is 2.08 bits per heavy atom. The molecule has 1 aromatic rings. The van der Waals surface area contributed by atoms with Crippen LogP contribution in [-0.2, 0) is 6.54 Å². The maximum atomic E-state index is 13.6. The molecule has 0 radical (unpaired) electrons. The summed E-state index contributed by atoms with van der Waals surface area (Å²) in [4.78, 5) is 6.70. The van der Waals surface area contributed by atoms with Gasteiger partial charge in [-0.15, -0.1) is 0 Å². The van der Waals surface area contributed by atoms with Gasteiger partial charge in [-0.2, -0.15) is 0 Å². The van der Waals surface area contributed by atoms with Gasteiger partial charge >= 0.3 is 0 Å². The van der Waals surface area contributed by atoms with Crippen LogP contribution in [0.5, 0.6) is 0 Å². The van der Waals surface area contributed by atoms with Gasteiger partial charge in [0.2, 0.25) is 0 Å². The van der Waals surface area contributed by atoms with Crippen LogP contribution in [-0.4, -0.2) is 43.6 Å². The second-order valence-corrected chi connectivity index (χ2v) is 6.68. The molecule has 1 aliphatic heterocycles. The average molecular weight is 352 g/mol. The third kappa shape index (κ3) is 6.61. The Bertz CT molecular complexity index is 562. The lowest BCUT2D eigenvalue weighted by molar-refractivity contribution is 0.158. The Morgan fingerprint density at radius 1 is 1.24 bits per heavy atom. The largest absolute Gasteiger partial charge is 0.356 e. The van der Waals surface area contributed by atoms with Gasteiger partial charge in [-0.3, -0.25) is 4.99 Å². The van der Waals surface area contributed by atoms with Gasteiger partial charge in [0.25, 0.3) is 0 Å². The average Bonchev–Trinajstić information content (AvgIpc) is 2.61. The predicted octanol–water partition coefficient (Wildman–Crippen LogP) is 3.28. The number of nitrogens with one attached hydrogen (secondary N) is 2. The summed E-state index contributed by atoms with van der Waals surface area (Å²) in [5.74, 6) is -0.247. The maximum Gasteiger partial charge on any atom is 0.191 e. The number of rotatable bonds is 7. The second-order valence-electron chi connectivity index (χ2n) is 6.68. The molecule has 0 aliphatic carbocycles. The lowest BCUT2D eigenvalue weighted by Gasteiger charge is -2.33. The number of halogens is 2. The monoisotopic (exact) mass is 352 g/mol. The molecule has 6 heteroatoms. The van der Waals surface area contributed by atoms with E-state index in [1.807, 2.05) is 0 Å². The van der Waals surface area contributed by atoms with E-state index in [0.717, 1.165) is 38.1 Å². The van der Waals surface area contributed by atoms with Crippen LogP contribution in [0.25, 0.3) is 0 Å². The smallest absolute Gasteiger partial charge is 0.191 e. The number of benzene rings is 1. The first-order valence-corrected chi connectivity index (χ1v) is 9.22. The van der Waals surface area contributed by atoms with Crippen molar-refractivity contribution in [1.29, 1.82) is 0 Å². The number of guanidine groups is 1. The molecule has 140 valence electrons. The zero-order valence-electron chi connectivity index (χ0n) is 15.3. The molecule has 1 atom stereocenters. The predicted molar refractivity (Wildman–Crippen MR) is 98.7 cm³/mol. The molecular weight excluding hydrogens is 322 g/mol. The van der Waals surface area contributed by atoms with Crippen molar-refractivity contribution < 1.29 is 8.78 Å². The summed E-state index contributed by atoms with van der Waals surface area (Å²) in [5, 5.41) is 6.25. The molecule has 25 heavy (non-hydrogen) atoms. The highest BCUT2D eigenvalue weighted by atomic mass is 19.1. The minimum absolute atomic E-state index is 0.203. The quantitative estimate of drug-likeness (QED) is 0.449. The van der Waals surface area contributed by atoms with Crippen molar-refractivity contribution >= 4 is 5.96 Å². The first kappa shape index (κ1) is 19.6. The molecule has 1 saturated heterocycles. The highest BCUT2D eigenvalue weighted by Crippen LogP contribution is 2.16. The van der Waals surface area contributed by atoms with Gasteiger partial charge in [0, 0.05) is 31.7 Å². The fraction of sp³-hybridized carbons (Fsp3) is 0.632. The Kier molecular flexibility index (Phi) is 8.12.